The lowest BCUT2D eigenvalue weighted by molar-refractivity contribution is -0.150. The monoisotopic (exact) mass is 630 g/mol. The number of aliphatic imine (C=N–C) groups is 1. The lowest BCUT2D eigenvalue weighted by Gasteiger charge is -2.14. The van der Waals surface area contributed by atoms with Crippen LogP contribution in [0.5, 0.6) is 5.75 Å². The van der Waals surface area contributed by atoms with Crippen LogP contribution in [0.1, 0.15) is 57.1 Å². The van der Waals surface area contributed by atoms with Crippen LogP contribution in [-0.2, 0) is 47.2 Å². The van der Waals surface area contributed by atoms with E-state index in [4.69, 9.17) is 36.8 Å². The Bertz CT molecular complexity index is 1480. The van der Waals surface area contributed by atoms with Gasteiger partial charge in [0.1, 0.15) is 29.7 Å². The summed E-state index contributed by atoms with van der Waals surface area (Å²) in [6.07, 6.45) is 2.73. The summed E-state index contributed by atoms with van der Waals surface area (Å²) in [6, 6.07) is 6.42. The van der Waals surface area contributed by atoms with Gasteiger partial charge in [-0.05, 0) is 43.9 Å². The van der Waals surface area contributed by atoms with Crippen molar-refractivity contribution in [3.63, 3.8) is 0 Å². The van der Waals surface area contributed by atoms with Crippen molar-refractivity contribution in [2.45, 2.75) is 78.0 Å². The van der Waals surface area contributed by atoms with Gasteiger partial charge in [-0.15, -0.1) is 0 Å². The molecule has 0 spiro atoms. The zero-order chi connectivity index (χ0) is 33.5. The van der Waals surface area contributed by atoms with E-state index in [0.717, 1.165) is 24.1 Å². The van der Waals surface area contributed by atoms with Crippen LogP contribution in [0.4, 0.5) is 0 Å². The fraction of sp³-hybridized carbons (Fsp3) is 0.533. The number of ether oxygens (including phenoxy) is 2. The van der Waals surface area contributed by atoms with Crippen molar-refractivity contribution >= 4 is 28.9 Å². The normalized spacial score (nSPS) is 12.2. The van der Waals surface area contributed by atoms with Crippen LogP contribution in [0.3, 0.4) is 0 Å². The number of aliphatic carboxylic acids is 2. The molecule has 8 N–H and O–H groups in total. The molecule has 0 saturated heterocycles. The first kappa shape index (κ1) is 36.7. The number of benzene rings is 1. The van der Waals surface area contributed by atoms with Gasteiger partial charge in [-0.1, -0.05) is 32.4 Å². The molecular weight excluding hydrogens is 584 g/mol. The first-order chi connectivity index (χ1) is 21.4. The van der Waals surface area contributed by atoms with Crippen molar-refractivity contribution in [3.8, 4) is 5.75 Å². The highest BCUT2D eigenvalue weighted by atomic mass is 16.5. The number of hydrogen-bond donors (Lipinski definition) is 5. The van der Waals surface area contributed by atoms with Crippen molar-refractivity contribution in [3.05, 3.63) is 51.7 Å². The lowest BCUT2D eigenvalue weighted by Crippen LogP contribution is -2.30. The summed E-state index contributed by atoms with van der Waals surface area (Å²) >= 11 is 0. The van der Waals surface area contributed by atoms with E-state index in [1.807, 2.05) is 19.1 Å². The fourth-order valence-corrected chi connectivity index (χ4v) is 4.52. The maximum absolute atomic E-state index is 13.2. The molecule has 0 aliphatic heterocycles. The number of hydrogen-bond acceptors (Lipinski definition) is 9. The molecule has 2 heterocycles. The minimum atomic E-state index is -1.00. The summed E-state index contributed by atoms with van der Waals surface area (Å²) in [5, 5.41) is 22.1. The Kier molecular flexibility index (Phi) is 15.0. The first-order valence-corrected chi connectivity index (χ1v) is 15.0. The number of guanidine groups is 1. The number of fused-ring (bicyclic) bond motifs is 1. The molecule has 3 aromatic rings. The van der Waals surface area contributed by atoms with Crippen molar-refractivity contribution in [2.24, 2.45) is 29.2 Å². The molecule has 15 nitrogen and oxygen atoms in total. The Morgan fingerprint density at radius 2 is 1.78 bits per heavy atom. The fourth-order valence-electron chi connectivity index (χ4n) is 4.52. The van der Waals surface area contributed by atoms with Crippen LogP contribution in [-0.4, -0.2) is 79.3 Å². The standard InChI is InChI=1S/C24H32N4O5.C6H14N4O2/c1-5-8-18-21-22(27(4)26-18)23(29)28(20(6-2)25-21)13-14-33-17-11-9-16(10-12-17)15-19(24(30)31)32-7-3;7-4(5(11)12)2-1-3-10-6(8)9/h9-12,19H,5-8,13-15H2,1-4H3,(H,30,31);4H,1-3,7H2,(H,11,12)(H4,8,9,10)/t19-;/m0./s1. The Hall–Kier alpha value is -4.50. The average molecular weight is 631 g/mol. The van der Waals surface area contributed by atoms with Gasteiger partial charge in [0.2, 0.25) is 0 Å². The number of carboxylic acid groups (broad SMARTS) is 2. The molecular formula is C30H46N8O7. The van der Waals surface area contributed by atoms with Gasteiger partial charge >= 0.3 is 11.9 Å². The zero-order valence-electron chi connectivity index (χ0n) is 26.4. The maximum atomic E-state index is 13.2. The van der Waals surface area contributed by atoms with Crippen LogP contribution in [0.2, 0.25) is 0 Å². The van der Waals surface area contributed by atoms with Gasteiger partial charge in [0, 0.05) is 33.0 Å². The average Bonchev–Trinajstić information content (AvgIpc) is 3.31. The molecule has 248 valence electrons. The Morgan fingerprint density at radius 3 is 2.33 bits per heavy atom. The first-order valence-electron chi connectivity index (χ1n) is 15.0. The molecule has 2 aromatic heterocycles. The molecule has 0 fully saturated rings. The van der Waals surface area contributed by atoms with Crippen molar-refractivity contribution in [2.75, 3.05) is 19.8 Å². The maximum Gasteiger partial charge on any atom is 0.333 e. The molecule has 0 radical (unpaired) electrons. The highest BCUT2D eigenvalue weighted by molar-refractivity contribution is 5.77. The second kappa shape index (κ2) is 18.3. The van der Waals surface area contributed by atoms with E-state index in [-0.39, 0.29) is 17.9 Å². The number of aromatic nitrogens is 4. The predicted molar refractivity (Wildman–Crippen MR) is 170 cm³/mol. The van der Waals surface area contributed by atoms with Gasteiger partial charge < -0.3 is 36.9 Å². The molecule has 0 aliphatic carbocycles. The molecule has 2 atom stereocenters. The predicted octanol–water partition coefficient (Wildman–Crippen LogP) is 1.21. The molecule has 0 aliphatic rings. The summed E-state index contributed by atoms with van der Waals surface area (Å²) < 4.78 is 14.4. The second-order valence-electron chi connectivity index (χ2n) is 10.2. The largest absolute Gasteiger partial charge is 0.492 e. The van der Waals surface area contributed by atoms with Crippen LogP contribution in [0, 0.1) is 0 Å². The van der Waals surface area contributed by atoms with Crippen molar-refractivity contribution < 1.29 is 29.3 Å². The van der Waals surface area contributed by atoms with Gasteiger partial charge in [-0.2, -0.15) is 5.10 Å². The van der Waals surface area contributed by atoms with Crippen LogP contribution in [0.15, 0.2) is 34.1 Å². The number of rotatable bonds is 17. The quantitative estimate of drug-likeness (QED) is 0.0804. The van der Waals surface area contributed by atoms with E-state index >= 15 is 0 Å². The van der Waals surface area contributed by atoms with Gasteiger partial charge in [-0.25, -0.2) is 9.78 Å². The number of nitrogens with zero attached hydrogens (tertiary/aromatic N) is 5. The minimum Gasteiger partial charge on any atom is -0.492 e. The Morgan fingerprint density at radius 1 is 1.09 bits per heavy atom. The van der Waals surface area contributed by atoms with Crippen molar-refractivity contribution in [1.29, 1.82) is 0 Å². The highest BCUT2D eigenvalue weighted by Gasteiger charge is 2.19. The molecule has 15 heteroatoms. The van der Waals surface area contributed by atoms with E-state index in [1.165, 1.54) is 0 Å². The molecule has 0 amide bonds. The molecule has 3 rings (SSSR count). The molecule has 0 saturated carbocycles. The third-order valence-corrected chi connectivity index (χ3v) is 6.75. The summed E-state index contributed by atoms with van der Waals surface area (Å²) in [5.41, 5.74) is 18.1. The van der Waals surface area contributed by atoms with E-state index in [9.17, 15) is 19.5 Å². The van der Waals surface area contributed by atoms with Crippen LogP contribution < -0.4 is 27.5 Å². The Balaban J connectivity index is 0.000000498. The van der Waals surface area contributed by atoms with E-state index in [1.54, 1.807) is 35.4 Å². The number of carboxylic acids is 2. The third kappa shape index (κ3) is 11.2. The van der Waals surface area contributed by atoms with Crippen LogP contribution in [0.25, 0.3) is 11.0 Å². The molecule has 1 unspecified atom stereocenters. The zero-order valence-corrected chi connectivity index (χ0v) is 26.4. The smallest absolute Gasteiger partial charge is 0.333 e. The van der Waals surface area contributed by atoms with Gasteiger partial charge in [-0.3, -0.25) is 23.8 Å². The highest BCUT2D eigenvalue weighted by Crippen LogP contribution is 2.17. The second-order valence-corrected chi connectivity index (χ2v) is 10.2. The number of aryl methyl sites for hydroxylation is 3. The summed E-state index contributed by atoms with van der Waals surface area (Å²) in [7, 11) is 1.78. The number of carbonyl (C=O) groups is 2. The summed E-state index contributed by atoms with van der Waals surface area (Å²) in [5.74, 6) is -0.603. The summed E-state index contributed by atoms with van der Waals surface area (Å²) in [6.45, 7) is 7.26. The van der Waals surface area contributed by atoms with E-state index in [2.05, 4.69) is 17.0 Å². The van der Waals surface area contributed by atoms with Gasteiger partial charge in [0.25, 0.3) is 5.56 Å². The molecule has 45 heavy (non-hydrogen) atoms. The van der Waals surface area contributed by atoms with E-state index in [0.29, 0.717) is 68.2 Å². The number of nitrogens with two attached hydrogens (primary N) is 3. The lowest BCUT2D eigenvalue weighted by atomic mass is 10.1. The van der Waals surface area contributed by atoms with Gasteiger partial charge in [0.15, 0.2) is 17.6 Å². The third-order valence-electron chi connectivity index (χ3n) is 6.75. The van der Waals surface area contributed by atoms with Crippen molar-refractivity contribution in [1.82, 2.24) is 19.3 Å². The Labute approximate surface area is 262 Å². The minimum absolute atomic E-state index is 0.0129. The van der Waals surface area contributed by atoms with Gasteiger partial charge in [0.05, 0.1) is 12.2 Å². The molecule has 1 aromatic carbocycles. The SMILES string of the molecule is CCCc1nn(C)c2c(=O)n(CCOc3ccc(C[C@H](OCC)C(=O)O)cc3)c(CC)nc12.NC(N)=NCCCC(N)C(=O)O. The van der Waals surface area contributed by atoms with Crippen LogP contribution >= 0.6 is 0 Å². The summed E-state index contributed by atoms with van der Waals surface area (Å²) in [4.78, 5) is 43.1. The van der Waals surface area contributed by atoms with E-state index < -0.39 is 24.1 Å². The topological polar surface area (TPSA) is 236 Å². The molecule has 0 bridgehead atoms.